The average Bonchev–Trinajstić information content (AvgIpc) is 2.96. The lowest BCUT2D eigenvalue weighted by atomic mass is 10.1. The first-order valence-corrected chi connectivity index (χ1v) is 6.81. The highest BCUT2D eigenvalue weighted by Gasteiger charge is 2.30. The van der Waals surface area contributed by atoms with Gasteiger partial charge in [-0.05, 0) is 19.4 Å². The van der Waals surface area contributed by atoms with Gasteiger partial charge in [0.15, 0.2) is 0 Å². The number of aliphatic hydroxyl groups excluding tert-OH is 1. The van der Waals surface area contributed by atoms with Gasteiger partial charge in [0.2, 0.25) is 17.7 Å². The molecule has 3 atom stereocenters. The van der Waals surface area contributed by atoms with Gasteiger partial charge in [0.25, 0.3) is 0 Å². The number of aliphatic carboxylic acids is 1. The first kappa shape index (κ1) is 17.9. The van der Waals surface area contributed by atoms with Crippen LogP contribution in [-0.2, 0) is 19.2 Å². The van der Waals surface area contributed by atoms with Gasteiger partial charge in [-0.25, -0.2) is 4.79 Å². The predicted octanol–water partition coefficient (Wildman–Crippen LogP) is -3.34. The number of rotatable bonds is 8. The number of carbonyl (C=O) groups is 4. The minimum absolute atomic E-state index is 0.462. The van der Waals surface area contributed by atoms with E-state index < -0.39 is 54.8 Å². The summed E-state index contributed by atoms with van der Waals surface area (Å²) in [6.07, 6.45) is 0.948. The van der Waals surface area contributed by atoms with Crippen molar-refractivity contribution in [3.63, 3.8) is 0 Å². The van der Waals surface area contributed by atoms with Crippen molar-refractivity contribution in [1.29, 1.82) is 0 Å². The molecule has 10 heteroatoms. The Kier molecular flexibility index (Phi) is 6.73. The van der Waals surface area contributed by atoms with Crippen molar-refractivity contribution in [3.05, 3.63) is 0 Å². The summed E-state index contributed by atoms with van der Waals surface area (Å²) in [5, 5.41) is 25.0. The van der Waals surface area contributed by atoms with E-state index in [0.29, 0.717) is 13.0 Å². The van der Waals surface area contributed by atoms with Crippen molar-refractivity contribution in [2.24, 2.45) is 5.73 Å². The van der Waals surface area contributed by atoms with Gasteiger partial charge in [-0.3, -0.25) is 14.4 Å². The number of carboxylic acids is 1. The second-order valence-corrected chi connectivity index (χ2v) is 4.96. The van der Waals surface area contributed by atoms with Crippen LogP contribution >= 0.6 is 0 Å². The molecular formula is C12H20N4O6. The first-order valence-electron chi connectivity index (χ1n) is 6.81. The number of nitrogens with one attached hydrogen (secondary N) is 3. The van der Waals surface area contributed by atoms with Gasteiger partial charge >= 0.3 is 5.97 Å². The molecule has 0 saturated carbocycles. The number of carbonyl (C=O) groups excluding carboxylic acids is 3. The van der Waals surface area contributed by atoms with E-state index in [-0.39, 0.29) is 0 Å². The maximum Gasteiger partial charge on any atom is 0.328 e. The number of hydrogen-bond acceptors (Lipinski definition) is 6. The van der Waals surface area contributed by atoms with Gasteiger partial charge in [0.05, 0.1) is 19.1 Å². The van der Waals surface area contributed by atoms with Crippen LogP contribution in [0.3, 0.4) is 0 Å². The van der Waals surface area contributed by atoms with Crippen LogP contribution in [-0.4, -0.2) is 65.2 Å². The molecule has 1 saturated heterocycles. The molecule has 0 unspecified atom stereocenters. The smallest absolute Gasteiger partial charge is 0.328 e. The summed E-state index contributed by atoms with van der Waals surface area (Å²) in [6, 6.07) is -3.28. The lowest BCUT2D eigenvalue weighted by molar-refractivity contribution is -0.143. The molecule has 124 valence electrons. The fraction of sp³-hybridized carbons (Fsp3) is 0.667. The highest BCUT2D eigenvalue weighted by molar-refractivity contribution is 5.94. The van der Waals surface area contributed by atoms with E-state index in [1.165, 1.54) is 0 Å². The standard InChI is InChI=1S/C12H20N4O6/c13-9(18)4-7(11(20)16-8(5-17)12(21)22)15-10(19)6-2-1-3-14-6/h6-8,14,17H,1-5H2,(H2,13,18)(H,15,19)(H,16,20)(H,21,22)/t6-,7+,8-/m0/s1. The zero-order valence-corrected chi connectivity index (χ0v) is 11.9. The van der Waals surface area contributed by atoms with Gasteiger partial charge in [-0.2, -0.15) is 0 Å². The molecule has 0 aliphatic carbocycles. The van der Waals surface area contributed by atoms with E-state index in [1.54, 1.807) is 0 Å². The van der Waals surface area contributed by atoms with Crippen molar-refractivity contribution < 1.29 is 29.4 Å². The van der Waals surface area contributed by atoms with Crippen molar-refractivity contribution in [1.82, 2.24) is 16.0 Å². The Morgan fingerprint density at radius 1 is 1.23 bits per heavy atom. The third-order valence-corrected chi connectivity index (χ3v) is 3.21. The van der Waals surface area contributed by atoms with E-state index in [4.69, 9.17) is 15.9 Å². The highest BCUT2D eigenvalue weighted by atomic mass is 16.4. The molecule has 1 rings (SSSR count). The minimum Gasteiger partial charge on any atom is -0.480 e. The quantitative estimate of drug-likeness (QED) is 0.272. The molecule has 1 aliphatic rings. The molecule has 0 aromatic heterocycles. The first-order chi connectivity index (χ1) is 10.3. The normalized spacial score (nSPS) is 20.0. The zero-order chi connectivity index (χ0) is 16.7. The second kappa shape index (κ2) is 8.29. The third kappa shape index (κ3) is 5.30. The fourth-order valence-corrected chi connectivity index (χ4v) is 2.05. The van der Waals surface area contributed by atoms with Crippen molar-refractivity contribution in [3.8, 4) is 0 Å². The van der Waals surface area contributed by atoms with Gasteiger partial charge < -0.3 is 31.9 Å². The van der Waals surface area contributed by atoms with Crippen LogP contribution in [0.2, 0.25) is 0 Å². The molecule has 1 fully saturated rings. The summed E-state index contributed by atoms with van der Waals surface area (Å²) in [6.45, 7) is -0.140. The topological polar surface area (TPSA) is 171 Å². The number of carboxylic acid groups (broad SMARTS) is 1. The van der Waals surface area contributed by atoms with Crippen molar-refractivity contribution in [2.75, 3.05) is 13.2 Å². The van der Waals surface area contributed by atoms with E-state index in [1.807, 2.05) is 5.32 Å². The molecule has 3 amide bonds. The average molecular weight is 316 g/mol. The van der Waals surface area contributed by atoms with Gasteiger partial charge in [0.1, 0.15) is 12.1 Å². The van der Waals surface area contributed by atoms with Crippen LogP contribution in [0, 0.1) is 0 Å². The molecule has 0 bridgehead atoms. The van der Waals surface area contributed by atoms with Crippen LogP contribution in [0.4, 0.5) is 0 Å². The minimum atomic E-state index is -1.52. The Balaban J connectivity index is 2.69. The molecule has 0 aromatic rings. The van der Waals surface area contributed by atoms with E-state index >= 15 is 0 Å². The van der Waals surface area contributed by atoms with Gasteiger partial charge in [-0.1, -0.05) is 0 Å². The maximum absolute atomic E-state index is 12.0. The summed E-state index contributed by atoms with van der Waals surface area (Å²) < 4.78 is 0. The summed E-state index contributed by atoms with van der Waals surface area (Å²) in [5.74, 6) is -3.62. The molecule has 10 nitrogen and oxygen atoms in total. The SMILES string of the molecule is NC(=O)C[C@@H](NC(=O)[C@@H]1CCCN1)C(=O)N[C@@H](CO)C(=O)O. The molecule has 1 aliphatic heterocycles. The van der Waals surface area contributed by atoms with E-state index in [0.717, 1.165) is 6.42 Å². The van der Waals surface area contributed by atoms with Crippen LogP contribution in [0.1, 0.15) is 19.3 Å². The molecule has 0 radical (unpaired) electrons. The van der Waals surface area contributed by atoms with Gasteiger partial charge in [0, 0.05) is 0 Å². The van der Waals surface area contributed by atoms with Crippen LogP contribution in [0.5, 0.6) is 0 Å². The molecule has 1 heterocycles. The van der Waals surface area contributed by atoms with E-state index in [9.17, 15) is 19.2 Å². The summed E-state index contributed by atoms with van der Waals surface area (Å²) in [5.41, 5.74) is 5.03. The lowest BCUT2D eigenvalue weighted by Gasteiger charge is -2.21. The molecule has 0 aromatic carbocycles. The molecule has 7 N–H and O–H groups in total. The zero-order valence-electron chi connectivity index (χ0n) is 11.9. The van der Waals surface area contributed by atoms with Crippen molar-refractivity contribution >= 4 is 23.7 Å². The molecular weight excluding hydrogens is 296 g/mol. The van der Waals surface area contributed by atoms with Crippen molar-refractivity contribution in [2.45, 2.75) is 37.4 Å². The fourth-order valence-electron chi connectivity index (χ4n) is 2.05. The Labute approximate surface area is 126 Å². The number of amides is 3. The maximum atomic E-state index is 12.0. The number of primary amides is 1. The monoisotopic (exact) mass is 316 g/mol. The summed E-state index contributed by atoms with van der Waals surface area (Å²) in [7, 11) is 0. The van der Waals surface area contributed by atoms with Crippen LogP contribution in [0.25, 0.3) is 0 Å². The predicted molar refractivity (Wildman–Crippen MR) is 73.4 cm³/mol. The molecule has 22 heavy (non-hydrogen) atoms. The second-order valence-electron chi connectivity index (χ2n) is 4.96. The van der Waals surface area contributed by atoms with Crippen LogP contribution < -0.4 is 21.7 Å². The van der Waals surface area contributed by atoms with Crippen LogP contribution in [0.15, 0.2) is 0 Å². The summed E-state index contributed by atoms with van der Waals surface area (Å²) >= 11 is 0. The Bertz CT molecular complexity index is 449. The summed E-state index contributed by atoms with van der Waals surface area (Å²) in [4.78, 5) is 45.7. The largest absolute Gasteiger partial charge is 0.480 e. The highest BCUT2D eigenvalue weighted by Crippen LogP contribution is 2.05. The Morgan fingerprint density at radius 2 is 1.91 bits per heavy atom. The Hall–Kier alpha value is -2.20. The lowest BCUT2D eigenvalue weighted by Crippen LogP contribution is -2.56. The van der Waals surface area contributed by atoms with E-state index in [2.05, 4.69) is 10.6 Å². The number of aliphatic hydroxyl groups is 1. The van der Waals surface area contributed by atoms with Gasteiger partial charge in [-0.15, -0.1) is 0 Å². The third-order valence-electron chi connectivity index (χ3n) is 3.21. The molecule has 0 spiro atoms. The number of nitrogens with two attached hydrogens (primary N) is 1. The Morgan fingerprint density at radius 3 is 2.36 bits per heavy atom. The number of hydrogen-bond donors (Lipinski definition) is 6.